The molecular formula is C5H5Cl4Nb. The van der Waals surface area contributed by atoms with Crippen molar-refractivity contribution in [3.8, 4) is 0 Å². The van der Waals surface area contributed by atoms with Gasteiger partial charge in [0.1, 0.15) is 0 Å². The van der Waals surface area contributed by atoms with Gasteiger partial charge in [-0.3, -0.25) is 0 Å². The van der Waals surface area contributed by atoms with Crippen LogP contribution in [0.25, 0.3) is 0 Å². The van der Waals surface area contributed by atoms with E-state index in [1.54, 1.807) is 0 Å². The van der Waals surface area contributed by atoms with Gasteiger partial charge in [0.15, 0.2) is 0 Å². The average molecular weight is 300 g/mol. The Hall–Kier alpha value is 1.38. The van der Waals surface area contributed by atoms with E-state index in [1.165, 1.54) is 0 Å². The van der Waals surface area contributed by atoms with Crippen LogP contribution in [0.1, 0.15) is 0 Å². The van der Waals surface area contributed by atoms with Crippen LogP contribution in [0, 0.1) is 0 Å². The first-order valence-corrected chi connectivity index (χ1v) is 3.19. The van der Waals surface area contributed by atoms with E-state index in [0.717, 1.165) is 4.14 Å². The van der Waals surface area contributed by atoms with Crippen molar-refractivity contribution in [2.24, 2.45) is 0 Å². The molecule has 0 amide bonds. The van der Waals surface area contributed by atoms with E-state index < -0.39 is 0 Å². The SMILES string of the molecule is [Cl-].[Cl-].[Cl-].[Cl-].[Nb+4][CH]1C=CC=C1. The zero-order chi connectivity index (χ0) is 4.41. The molecule has 0 saturated carbocycles. The van der Waals surface area contributed by atoms with Crippen LogP contribution in [0.15, 0.2) is 24.3 Å². The van der Waals surface area contributed by atoms with Gasteiger partial charge in [-0.05, 0) is 0 Å². The summed E-state index contributed by atoms with van der Waals surface area (Å²) >= 11 is 1.85. The normalized spacial score (nSPS) is 12.2. The third kappa shape index (κ3) is 9.38. The molecule has 0 radical (unpaired) electrons. The fraction of sp³-hybridized carbons (Fsp3) is 0.200. The molecule has 0 N–H and O–H groups in total. The number of hydrogen-bond acceptors (Lipinski definition) is 0. The van der Waals surface area contributed by atoms with Crippen molar-refractivity contribution in [3.05, 3.63) is 24.3 Å². The van der Waals surface area contributed by atoms with Gasteiger partial charge in [-0.15, -0.1) is 0 Å². The third-order valence-corrected chi connectivity index (χ3v) is 1.57. The fourth-order valence-electron chi connectivity index (χ4n) is 0.420. The van der Waals surface area contributed by atoms with Gasteiger partial charge in [0.05, 0.1) is 0 Å². The summed E-state index contributed by atoms with van der Waals surface area (Å²) in [5, 5.41) is 0. The summed E-state index contributed by atoms with van der Waals surface area (Å²) in [4.78, 5) is 0. The average Bonchev–Trinajstić information content (AvgIpc) is 1.86. The van der Waals surface area contributed by atoms with Crippen LogP contribution in [-0.4, -0.2) is 0 Å². The van der Waals surface area contributed by atoms with Crippen LogP contribution in [-0.2, 0) is 21.1 Å². The molecular weight excluding hydrogens is 295 g/mol. The Morgan fingerprint density at radius 2 is 1.10 bits per heavy atom. The summed E-state index contributed by atoms with van der Waals surface area (Å²) in [6.45, 7) is 0. The van der Waals surface area contributed by atoms with Gasteiger partial charge >= 0.3 is 49.5 Å². The summed E-state index contributed by atoms with van der Waals surface area (Å²) in [6, 6.07) is 0. The molecule has 0 unspecified atom stereocenters. The zero-order valence-electron chi connectivity index (χ0n) is 4.85. The van der Waals surface area contributed by atoms with Crippen molar-refractivity contribution in [1.82, 2.24) is 0 Å². The minimum atomic E-state index is 0. The topological polar surface area (TPSA) is 0 Å². The second kappa shape index (κ2) is 13.0. The molecule has 0 aromatic rings. The Balaban J connectivity index is -0.0000000450. The van der Waals surface area contributed by atoms with E-state index in [4.69, 9.17) is 0 Å². The first-order chi connectivity index (χ1) is 2.89. The quantitative estimate of drug-likeness (QED) is 0.390. The minimum absolute atomic E-state index is 0. The summed E-state index contributed by atoms with van der Waals surface area (Å²) in [5.74, 6) is 0. The second-order valence-electron chi connectivity index (χ2n) is 1.26. The Bertz CT molecular complexity index is 89.8. The van der Waals surface area contributed by atoms with Crippen LogP contribution in [0.5, 0.6) is 0 Å². The molecule has 0 saturated heterocycles. The van der Waals surface area contributed by atoms with E-state index >= 15 is 0 Å². The molecule has 10 heavy (non-hydrogen) atoms. The zero-order valence-corrected chi connectivity index (χ0v) is 10.1. The Labute approximate surface area is 98.5 Å². The van der Waals surface area contributed by atoms with Crippen LogP contribution >= 0.6 is 0 Å². The summed E-state index contributed by atoms with van der Waals surface area (Å²) < 4.78 is 0.735. The molecule has 0 spiro atoms. The van der Waals surface area contributed by atoms with Gasteiger partial charge < -0.3 is 49.6 Å². The number of rotatable bonds is 0. The Kier molecular flexibility index (Phi) is 29.3. The monoisotopic (exact) mass is 298 g/mol. The predicted molar refractivity (Wildman–Crippen MR) is 22.0 cm³/mol. The van der Waals surface area contributed by atoms with E-state index in [-0.39, 0.29) is 49.6 Å². The van der Waals surface area contributed by atoms with Crippen molar-refractivity contribution in [1.29, 1.82) is 0 Å². The second-order valence-corrected chi connectivity index (χ2v) is 2.73. The predicted octanol–water partition coefficient (Wildman–Crippen LogP) is -10.5. The van der Waals surface area contributed by atoms with Gasteiger partial charge in [0.25, 0.3) is 0 Å². The number of halogens is 4. The summed E-state index contributed by atoms with van der Waals surface area (Å²) in [7, 11) is 0. The van der Waals surface area contributed by atoms with Gasteiger partial charge in [0.2, 0.25) is 0 Å². The standard InChI is InChI=1S/C5H5.4ClH.Nb/c1-2-4-5-3-1;;;;;/h1-5H;4*1H;/q;;;;;+4/p-4. The maximum atomic E-state index is 2.19. The molecule has 0 heterocycles. The van der Waals surface area contributed by atoms with E-state index in [1.807, 2.05) is 21.1 Å². The molecule has 1 rings (SSSR count). The van der Waals surface area contributed by atoms with Crippen molar-refractivity contribution in [2.45, 2.75) is 4.14 Å². The van der Waals surface area contributed by atoms with Gasteiger partial charge in [-0.2, -0.15) is 0 Å². The van der Waals surface area contributed by atoms with Crippen molar-refractivity contribution in [2.75, 3.05) is 0 Å². The molecule has 0 bridgehead atoms. The van der Waals surface area contributed by atoms with E-state index in [2.05, 4.69) is 24.3 Å². The van der Waals surface area contributed by atoms with Crippen molar-refractivity contribution in [3.63, 3.8) is 0 Å². The Morgan fingerprint density at radius 3 is 1.20 bits per heavy atom. The number of allylic oxidation sites excluding steroid dienone is 4. The van der Waals surface area contributed by atoms with Crippen molar-refractivity contribution < 1.29 is 70.7 Å². The third-order valence-electron chi connectivity index (χ3n) is 0.728. The molecule has 0 aliphatic heterocycles. The number of hydrogen-bond donors (Lipinski definition) is 0. The molecule has 0 nitrogen and oxygen atoms in total. The molecule has 0 aromatic heterocycles. The molecule has 58 valence electrons. The molecule has 0 aromatic carbocycles. The summed E-state index contributed by atoms with van der Waals surface area (Å²) in [5.41, 5.74) is 0. The van der Waals surface area contributed by atoms with Crippen LogP contribution in [0.3, 0.4) is 0 Å². The maximum absolute atomic E-state index is 2.19. The fourth-order valence-corrected chi connectivity index (χ4v) is 0.909. The van der Waals surface area contributed by atoms with Crippen LogP contribution in [0.2, 0.25) is 4.14 Å². The first kappa shape index (κ1) is 22.5. The van der Waals surface area contributed by atoms with Crippen LogP contribution < -0.4 is 49.6 Å². The Morgan fingerprint density at radius 1 is 0.800 bits per heavy atom. The van der Waals surface area contributed by atoms with E-state index in [0.29, 0.717) is 0 Å². The van der Waals surface area contributed by atoms with Gasteiger partial charge in [-0.25, -0.2) is 0 Å². The molecule has 5 heteroatoms. The van der Waals surface area contributed by atoms with Crippen LogP contribution in [0.4, 0.5) is 0 Å². The molecule has 1 aliphatic rings. The molecule has 0 atom stereocenters. The summed E-state index contributed by atoms with van der Waals surface area (Å²) in [6.07, 6.45) is 8.55. The first-order valence-electron chi connectivity index (χ1n) is 1.92. The molecule has 1 aliphatic carbocycles. The van der Waals surface area contributed by atoms with E-state index in [9.17, 15) is 0 Å². The van der Waals surface area contributed by atoms with Gasteiger partial charge in [-0.1, -0.05) is 0 Å². The van der Waals surface area contributed by atoms with Gasteiger partial charge in [0, 0.05) is 0 Å². The van der Waals surface area contributed by atoms with Crippen molar-refractivity contribution >= 4 is 0 Å². The molecule has 0 fully saturated rings.